The van der Waals surface area contributed by atoms with Gasteiger partial charge in [0.25, 0.3) is 0 Å². The van der Waals surface area contributed by atoms with Crippen molar-refractivity contribution < 1.29 is 12.8 Å². The standard InChI is InChI=1S/C11H10ClFO2S/c12-16(14,15)11-5-10(6-11,7-11)8-3-1-2-4-9(8)13/h1-4H,5-7H2. The van der Waals surface area contributed by atoms with Crippen LogP contribution in [0.4, 0.5) is 4.39 Å². The van der Waals surface area contributed by atoms with E-state index in [9.17, 15) is 12.8 Å². The van der Waals surface area contributed by atoms with E-state index < -0.39 is 13.8 Å². The van der Waals surface area contributed by atoms with Gasteiger partial charge in [0.15, 0.2) is 0 Å². The summed E-state index contributed by atoms with van der Waals surface area (Å²) in [7, 11) is 1.87. The lowest BCUT2D eigenvalue weighted by Crippen LogP contribution is -2.72. The molecule has 3 fully saturated rings. The molecule has 5 heteroatoms. The highest BCUT2D eigenvalue weighted by Crippen LogP contribution is 2.72. The first-order valence-electron chi connectivity index (χ1n) is 5.08. The maximum atomic E-state index is 13.6. The molecular weight excluding hydrogens is 251 g/mol. The van der Waals surface area contributed by atoms with E-state index in [1.165, 1.54) is 6.07 Å². The molecule has 0 radical (unpaired) electrons. The molecule has 0 saturated heterocycles. The largest absolute Gasteiger partial charge is 0.238 e. The van der Waals surface area contributed by atoms with Gasteiger partial charge in [-0.3, -0.25) is 0 Å². The zero-order chi connectivity index (χ0) is 11.6. The lowest BCUT2D eigenvalue weighted by atomic mass is 9.41. The van der Waals surface area contributed by atoms with Gasteiger partial charge in [0.1, 0.15) is 5.82 Å². The number of hydrogen-bond donors (Lipinski definition) is 0. The zero-order valence-corrected chi connectivity index (χ0v) is 9.98. The molecule has 0 heterocycles. The Morgan fingerprint density at radius 3 is 2.25 bits per heavy atom. The van der Waals surface area contributed by atoms with E-state index in [1.807, 2.05) is 0 Å². The Bertz CT molecular complexity index is 547. The van der Waals surface area contributed by atoms with Crippen LogP contribution >= 0.6 is 10.7 Å². The third kappa shape index (κ3) is 1.09. The summed E-state index contributed by atoms with van der Waals surface area (Å²) >= 11 is 0. The molecule has 3 aliphatic rings. The third-order valence-corrected chi connectivity index (χ3v) is 6.39. The summed E-state index contributed by atoms with van der Waals surface area (Å²) in [6, 6.07) is 6.57. The fraction of sp³-hybridized carbons (Fsp3) is 0.455. The minimum Gasteiger partial charge on any atom is -0.212 e. The summed E-state index contributed by atoms with van der Waals surface area (Å²) in [6.45, 7) is 0. The SMILES string of the molecule is O=S(=O)(Cl)C12CC(c3ccccc3F)(C1)C2. The van der Waals surface area contributed by atoms with E-state index in [4.69, 9.17) is 10.7 Å². The summed E-state index contributed by atoms with van der Waals surface area (Å²) in [5.74, 6) is -0.247. The van der Waals surface area contributed by atoms with E-state index in [1.54, 1.807) is 18.2 Å². The van der Waals surface area contributed by atoms with Crippen LogP contribution in [0.3, 0.4) is 0 Å². The molecule has 0 amide bonds. The van der Waals surface area contributed by atoms with Crippen LogP contribution in [0.15, 0.2) is 24.3 Å². The number of benzene rings is 1. The maximum Gasteiger partial charge on any atom is 0.238 e. The Balaban J connectivity index is 1.93. The summed E-state index contributed by atoms with van der Waals surface area (Å²) in [5.41, 5.74) is 0.366. The molecule has 0 aromatic heterocycles. The fourth-order valence-corrected chi connectivity index (χ4v) is 4.97. The van der Waals surface area contributed by atoms with E-state index >= 15 is 0 Å². The number of halogens is 2. The first-order chi connectivity index (χ1) is 7.39. The molecule has 2 nitrogen and oxygen atoms in total. The molecule has 0 unspecified atom stereocenters. The normalized spacial score (nSPS) is 36.4. The van der Waals surface area contributed by atoms with Crippen molar-refractivity contribution in [3.8, 4) is 0 Å². The molecule has 86 valence electrons. The molecule has 0 aliphatic heterocycles. The molecule has 1 aromatic carbocycles. The van der Waals surface area contributed by atoms with Gasteiger partial charge < -0.3 is 0 Å². The zero-order valence-electron chi connectivity index (χ0n) is 8.41. The van der Waals surface area contributed by atoms with Crippen LogP contribution in [-0.4, -0.2) is 13.2 Å². The van der Waals surface area contributed by atoms with Crippen LogP contribution in [0, 0.1) is 5.82 Å². The first-order valence-corrected chi connectivity index (χ1v) is 7.39. The van der Waals surface area contributed by atoms with Crippen molar-refractivity contribution in [2.45, 2.75) is 29.4 Å². The summed E-state index contributed by atoms with van der Waals surface area (Å²) in [6.07, 6.45) is 1.40. The Labute approximate surface area is 97.8 Å². The van der Waals surface area contributed by atoms with Crippen LogP contribution in [0.5, 0.6) is 0 Å². The molecule has 3 aliphatic carbocycles. The predicted molar refractivity (Wildman–Crippen MR) is 59.4 cm³/mol. The molecule has 0 atom stereocenters. The predicted octanol–water partition coefficient (Wildman–Crippen LogP) is 2.57. The Hall–Kier alpha value is -0.610. The van der Waals surface area contributed by atoms with Crippen molar-refractivity contribution >= 4 is 19.7 Å². The van der Waals surface area contributed by atoms with Crippen molar-refractivity contribution in [1.82, 2.24) is 0 Å². The molecule has 1 aromatic rings. The number of hydrogen-bond acceptors (Lipinski definition) is 2. The molecular formula is C11H10ClFO2S. The first kappa shape index (κ1) is 10.5. The average Bonchev–Trinajstić information content (AvgIpc) is 2.00. The summed E-state index contributed by atoms with van der Waals surface area (Å²) < 4.78 is 35.4. The Kier molecular flexibility index (Phi) is 1.84. The van der Waals surface area contributed by atoms with E-state index in [0.29, 0.717) is 24.8 Å². The quantitative estimate of drug-likeness (QED) is 0.766. The Morgan fingerprint density at radius 1 is 1.19 bits per heavy atom. The van der Waals surface area contributed by atoms with Gasteiger partial charge in [0, 0.05) is 16.1 Å². The van der Waals surface area contributed by atoms with Gasteiger partial charge in [0.05, 0.1) is 4.75 Å². The van der Waals surface area contributed by atoms with Crippen molar-refractivity contribution in [2.24, 2.45) is 0 Å². The minimum absolute atomic E-state index is 0.247. The monoisotopic (exact) mass is 260 g/mol. The smallest absolute Gasteiger partial charge is 0.212 e. The number of rotatable bonds is 2. The second kappa shape index (κ2) is 2.79. The van der Waals surface area contributed by atoms with E-state index in [-0.39, 0.29) is 11.2 Å². The molecule has 0 N–H and O–H groups in total. The van der Waals surface area contributed by atoms with Gasteiger partial charge in [-0.2, -0.15) is 0 Å². The van der Waals surface area contributed by atoms with Crippen molar-refractivity contribution in [2.75, 3.05) is 0 Å². The van der Waals surface area contributed by atoms with Gasteiger partial charge in [-0.25, -0.2) is 12.8 Å². The maximum absolute atomic E-state index is 13.6. The lowest BCUT2D eigenvalue weighted by molar-refractivity contribution is -0.00148. The fourth-order valence-electron chi connectivity index (χ4n) is 3.13. The third-order valence-electron chi connectivity index (χ3n) is 3.94. The van der Waals surface area contributed by atoms with Crippen LogP contribution in [0.2, 0.25) is 0 Å². The molecule has 4 rings (SSSR count). The summed E-state index contributed by atoms with van der Waals surface area (Å²) in [4.78, 5) is 0. The van der Waals surface area contributed by atoms with Crippen LogP contribution in [-0.2, 0) is 14.5 Å². The van der Waals surface area contributed by atoms with Crippen LogP contribution < -0.4 is 0 Å². The van der Waals surface area contributed by atoms with Crippen LogP contribution in [0.1, 0.15) is 24.8 Å². The minimum atomic E-state index is -3.51. The van der Waals surface area contributed by atoms with Crippen LogP contribution in [0.25, 0.3) is 0 Å². The summed E-state index contributed by atoms with van der Waals surface area (Å²) in [5, 5.41) is 0. The average molecular weight is 261 g/mol. The van der Waals surface area contributed by atoms with Gasteiger partial charge in [-0.1, -0.05) is 18.2 Å². The van der Waals surface area contributed by atoms with E-state index in [2.05, 4.69) is 0 Å². The second-order valence-corrected chi connectivity index (χ2v) is 7.87. The van der Waals surface area contributed by atoms with Gasteiger partial charge in [-0.05, 0) is 30.9 Å². The molecule has 0 spiro atoms. The second-order valence-electron chi connectivity index (χ2n) is 4.91. The van der Waals surface area contributed by atoms with Gasteiger partial charge >= 0.3 is 0 Å². The lowest BCUT2D eigenvalue weighted by Gasteiger charge is -2.68. The highest BCUT2D eigenvalue weighted by molar-refractivity contribution is 8.15. The van der Waals surface area contributed by atoms with Crippen molar-refractivity contribution in [3.05, 3.63) is 35.6 Å². The molecule has 3 saturated carbocycles. The van der Waals surface area contributed by atoms with E-state index in [0.717, 1.165) is 0 Å². The van der Waals surface area contributed by atoms with Crippen molar-refractivity contribution in [3.63, 3.8) is 0 Å². The molecule has 16 heavy (non-hydrogen) atoms. The topological polar surface area (TPSA) is 34.1 Å². The van der Waals surface area contributed by atoms with Gasteiger partial charge in [-0.15, -0.1) is 0 Å². The molecule has 2 bridgehead atoms. The van der Waals surface area contributed by atoms with Gasteiger partial charge in [0.2, 0.25) is 9.05 Å². The van der Waals surface area contributed by atoms with Crippen molar-refractivity contribution in [1.29, 1.82) is 0 Å². The Morgan fingerprint density at radius 2 is 1.75 bits per heavy atom. The highest BCUT2D eigenvalue weighted by atomic mass is 35.7. The highest BCUT2D eigenvalue weighted by Gasteiger charge is 2.74.